The summed E-state index contributed by atoms with van der Waals surface area (Å²) in [5, 5.41) is 2.71. The van der Waals surface area contributed by atoms with Crippen molar-refractivity contribution in [2.24, 2.45) is 0 Å². The van der Waals surface area contributed by atoms with Crippen LogP contribution in [0.2, 0.25) is 0 Å². The van der Waals surface area contributed by atoms with Crippen molar-refractivity contribution < 1.29 is 13.6 Å². The smallest absolute Gasteiger partial charge is 0.294 e. The van der Waals surface area contributed by atoms with Gasteiger partial charge in [-0.2, -0.15) is 0 Å². The highest BCUT2D eigenvalue weighted by atomic mass is 19.1. The van der Waals surface area contributed by atoms with Crippen molar-refractivity contribution in [1.82, 2.24) is 19.9 Å². The molecule has 30 heavy (non-hydrogen) atoms. The molecular formula is C22H18FN5O2. The Kier molecular flexibility index (Phi) is 5.05. The van der Waals surface area contributed by atoms with Gasteiger partial charge in [-0.1, -0.05) is 6.07 Å². The predicted molar refractivity (Wildman–Crippen MR) is 109 cm³/mol. The number of hydrogen-bond donors (Lipinski definition) is 1. The summed E-state index contributed by atoms with van der Waals surface area (Å²) in [6.45, 7) is 5.52. The third-order valence-corrected chi connectivity index (χ3v) is 4.38. The molecule has 4 rings (SSSR count). The minimum Gasteiger partial charge on any atom is -0.435 e. The molecule has 0 radical (unpaired) electrons. The number of carbonyl (C=O) groups excluding carboxylic acids is 1. The molecule has 0 fully saturated rings. The molecule has 7 nitrogen and oxygen atoms in total. The Morgan fingerprint density at radius 3 is 2.50 bits per heavy atom. The van der Waals surface area contributed by atoms with Crippen molar-refractivity contribution in [2.75, 3.05) is 5.32 Å². The van der Waals surface area contributed by atoms with Crippen LogP contribution in [0, 0.1) is 26.6 Å². The number of amides is 1. The van der Waals surface area contributed by atoms with Crippen LogP contribution in [0.1, 0.15) is 27.6 Å². The SMILES string of the molecule is Cc1cnc(-c2nccc(NC(=O)c3oc(C)nc3-c3ccc(F)cc3)n2)c(C)c1. The summed E-state index contributed by atoms with van der Waals surface area (Å²) in [5.74, 6) is 0.140. The Hall–Kier alpha value is -3.94. The van der Waals surface area contributed by atoms with Crippen molar-refractivity contribution in [3.05, 3.63) is 77.4 Å². The highest BCUT2D eigenvalue weighted by molar-refractivity contribution is 6.05. The van der Waals surface area contributed by atoms with E-state index < -0.39 is 5.91 Å². The fourth-order valence-electron chi connectivity index (χ4n) is 3.05. The Balaban J connectivity index is 1.63. The van der Waals surface area contributed by atoms with E-state index in [-0.39, 0.29) is 11.6 Å². The summed E-state index contributed by atoms with van der Waals surface area (Å²) in [6.07, 6.45) is 3.29. The van der Waals surface area contributed by atoms with Gasteiger partial charge in [-0.25, -0.2) is 19.3 Å². The average molecular weight is 403 g/mol. The van der Waals surface area contributed by atoms with Crippen LogP contribution in [0.25, 0.3) is 22.8 Å². The first-order valence-electron chi connectivity index (χ1n) is 9.22. The maximum Gasteiger partial charge on any atom is 0.294 e. The number of oxazole rings is 1. The number of aryl methyl sites for hydroxylation is 3. The Morgan fingerprint density at radius 2 is 1.77 bits per heavy atom. The number of rotatable bonds is 4. The number of carbonyl (C=O) groups is 1. The number of anilines is 1. The van der Waals surface area contributed by atoms with Crippen molar-refractivity contribution >= 4 is 11.7 Å². The lowest BCUT2D eigenvalue weighted by atomic mass is 10.1. The summed E-state index contributed by atoms with van der Waals surface area (Å²) >= 11 is 0. The van der Waals surface area contributed by atoms with Crippen LogP contribution in [0.4, 0.5) is 10.2 Å². The third kappa shape index (κ3) is 3.93. The van der Waals surface area contributed by atoms with E-state index in [9.17, 15) is 9.18 Å². The van der Waals surface area contributed by atoms with Gasteiger partial charge in [0, 0.05) is 24.9 Å². The van der Waals surface area contributed by atoms with Gasteiger partial charge in [0.15, 0.2) is 11.7 Å². The van der Waals surface area contributed by atoms with E-state index >= 15 is 0 Å². The molecule has 0 aliphatic carbocycles. The fourth-order valence-corrected chi connectivity index (χ4v) is 3.05. The highest BCUT2D eigenvalue weighted by Gasteiger charge is 2.21. The van der Waals surface area contributed by atoms with Gasteiger partial charge in [-0.15, -0.1) is 0 Å². The summed E-state index contributed by atoms with van der Waals surface area (Å²) in [5.41, 5.74) is 3.51. The molecule has 0 spiro atoms. The number of pyridine rings is 1. The molecule has 3 aromatic heterocycles. The number of nitrogens with zero attached hydrogens (tertiary/aromatic N) is 4. The lowest BCUT2D eigenvalue weighted by Gasteiger charge is -2.07. The first kappa shape index (κ1) is 19.4. The van der Waals surface area contributed by atoms with Crippen molar-refractivity contribution in [2.45, 2.75) is 20.8 Å². The molecule has 1 N–H and O–H groups in total. The molecule has 1 aromatic carbocycles. The van der Waals surface area contributed by atoms with Gasteiger partial charge >= 0.3 is 0 Å². The molecule has 0 aliphatic heterocycles. The van der Waals surface area contributed by atoms with Gasteiger partial charge in [-0.05, 0) is 55.3 Å². The monoisotopic (exact) mass is 403 g/mol. The van der Waals surface area contributed by atoms with Gasteiger partial charge in [0.1, 0.15) is 23.0 Å². The summed E-state index contributed by atoms with van der Waals surface area (Å²) in [4.78, 5) is 30.2. The molecule has 0 bridgehead atoms. The Morgan fingerprint density at radius 1 is 1.00 bits per heavy atom. The van der Waals surface area contributed by atoms with Crippen molar-refractivity contribution in [1.29, 1.82) is 0 Å². The summed E-state index contributed by atoms with van der Waals surface area (Å²) in [6, 6.07) is 9.24. The standard InChI is InChI=1S/C22H18FN5O2/c1-12-10-13(2)18(25-11-12)21-24-9-8-17(27-21)28-22(29)20-19(26-14(3)30-20)15-4-6-16(23)7-5-15/h4-11H,1-3H3,(H,24,27,28,29). The number of halogens is 1. The number of nitrogens with one attached hydrogen (secondary N) is 1. The van der Waals surface area contributed by atoms with E-state index in [2.05, 4.69) is 25.3 Å². The minimum absolute atomic E-state index is 0.0175. The number of hydrogen-bond acceptors (Lipinski definition) is 6. The average Bonchev–Trinajstić information content (AvgIpc) is 3.10. The normalized spacial score (nSPS) is 10.8. The van der Waals surface area contributed by atoms with Crippen molar-refractivity contribution in [3.8, 4) is 22.8 Å². The molecule has 8 heteroatoms. The molecule has 0 saturated carbocycles. The number of benzene rings is 1. The first-order chi connectivity index (χ1) is 14.4. The van der Waals surface area contributed by atoms with Crippen molar-refractivity contribution in [3.63, 3.8) is 0 Å². The van der Waals surface area contributed by atoms with Crippen LogP contribution in [-0.2, 0) is 0 Å². The zero-order chi connectivity index (χ0) is 21.3. The van der Waals surface area contributed by atoms with Gasteiger partial charge in [0.05, 0.1) is 0 Å². The lowest BCUT2D eigenvalue weighted by Crippen LogP contribution is -2.14. The van der Waals surface area contributed by atoms with Crippen LogP contribution in [-0.4, -0.2) is 25.8 Å². The van der Waals surface area contributed by atoms with Gasteiger partial charge < -0.3 is 9.73 Å². The van der Waals surface area contributed by atoms with Crippen LogP contribution < -0.4 is 5.32 Å². The Labute approximate surface area is 172 Å². The second-order valence-electron chi connectivity index (χ2n) is 6.82. The van der Waals surface area contributed by atoms with Crippen LogP contribution in [0.15, 0.2) is 53.2 Å². The van der Waals surface area contributed by atoms with Gasteiger partial charge in [0.2, 0.25) is 5.76 Å². The fraction of sp³-hybridized carbons (Fsp3) is 0.136. The van der Waals surface area contributed by atoms with Crippen LogP contribution >= 0.6 is 0 Å². The molecule has 0 saturated heterocycles. The first-order valence-corrected chi connectivity index (χ1v) is 9.22. The van der Waals surface area contributed by atoms with E-state index in [4.69, 9.17) is 4.42 Å². The molecule has 1 amide bonds. The van der Waals surface area contributed by atoms with Crippen LogP contribution in [0.5, 0.6) is 0 Å². The zero-order valence-corrected chi connectivity index (χ0v) is 16.6. The maximum absolute atomic E-state index is 13.2. The van der Waals surface area contributed by atoms with E-state index in [1.165, 1.54) is 24.3 Å². The molecule has 0 aliphatic rings. The molecule has 3 heterocycles. The van der Waals surface area contributed by atoms with E-state index in [0.29, 0.717) is 34.5 Å². The van der Waals surface area contributed by atoms with Crippen LogP contribution in [0.3, 0.4) is 0 Å². The molecular weight excluding hydrogens is 385 g/mol. The summed E-state index contributed by atoms with van der Waals surface area (Å²) < 4.78 is 18.7. The summed E-state index contributed by atoms with van der Waals surface area (Å²) in [7, 11) is 0. The zero-order valence-electron chi connectivity index (χ0n) is 16.6. The second-order valence-corrected chi connectivity index (χ2v) is 6.82. The Bertz CT molecular complexity index is 1230. The molecule has 0 unspecified atom stereocenters. The lowest BCUT2D eigenvalue weighted by molar-refractivity contribution is 0.0996. The largest absolute Gasteiger partial charge is 0.435 e. The highest BCUT2D eigenvalue weighted by Crippen LogP contribution is 2.25. The maximum atomic E-state index is 13.2. The molecule has 0 atom stereocenters. The third-order valence-electron chi connectivity index (χ3n) is 4.38. The number of aromatic nitrogens is 4. The molecule has 4 aromatic rings. The topological polar surface area (TPSA) is 93.8 Å². The van der Waals surface area contributed by atoms with Gasteiger partial charge in [-0.3, -0.25) is 9.78 Å². The minimum atomic E-state index is -0.520. The van der Waals surface area contributed by atoms with E-state index in [1.807, 2.05) is 19.9 Å². The van der Waals surface area contributed by atoms with E-state index in [1.54, 1.807) is 25.4 Å². The quantitative estimate of drug-likeness (QED) is 0.539. The predicted octanol–water partition coefficient (Wildman–Crippen LogP) is 4.51. The molecule has 150 valence electrons. The van der Waals surface area contributed by atoms with Gasteiger partial charge in [0.25, 0.3) is 5.91 Å². The second kappa shape index (κ2) is 7.82. The van der Waals surface area contributed by atoms with E-state index in [0.717, 1.165) is 11.1 Å².